The summed E-state index contributed by atoms with van der Waals surface area (Å²) in [6.07, 6.45) is 1.33. The Morgan fingerprint density at radius 3 is 2.25 bits per heavy atom. The molecule has 0 unspecified atom stereocenters. The minimum Gasteiger partial charge on any atom is -0.356 e. The van der Waals surface area contributed by atoms with Crippen LogP contribution in [0.25, 0.3) is 16.9 Å². The summed E-state index contributed by atoms with van der Waals surface area (Å²) in [5.74, 6) is -2.12. The molecule has 126 valence electrons. The molecule has 0 aliphatic heterocycles. The molecule has 0 radical (unpaired) electrons. The zero-order valence-electron chi connectivity index (χ0n) is 13.5. The van der Waals surface area contributed by atoms with Crippen molar-refractivity contribution in [2.45, 2.75) is 20.8 Å². The molecule has 3 aromatic rings. The van der Waals surface area contributed by atoms with Gasteiger partial charge in [-0.25, -0.2) is 18.2 Å². The van der Waals surface area contributed by atoms with E-state index in [-0.39, 0.29) is 11.1 Å². The number of rotatable bonds is 4. The summed E-state index contributed by atoms with van der Waals surface area (Å²) in [5.41, 5.74) is 0.314. The molecule has 3 rings (SSSR count). The molecule has 0 aliphatic rings. The zero-order valence-corrected chi connectivity index (χ0v) is 13.5. The van der Waals surface area contributed by atoms with Crippen molar-refractivity contribution in [1.82, 2.24) is 19.6 Å². The van der Waals surface area contributed by atoms with Crippen LogP contribution < -0.4 is 4.90 Å². The Bertz CT molecular complexity index is 879. The van der Waals surface area contributed by atoms with Crippen molar-refractivity contribution < 1.29 is 13.2 Å². The first-order chi connectivity index (χ1) is 11.5. The third-order valence-corrected chi connectivity index (χ3v) is 3.90. The molecule has 0 N–H and O–H groups in total. The van der Waals surface area contributed by atoms with Crippen LogP contribution in [0.1, 0.15) is 19.5 Å². The molecule has 0 saturated heterocycles. The minimum absolute atomic E-state index is 0.242. The topological polar surface area (TPSA) is 46.3 Å². The Morgan fingerprint density at radius 2 is 1.67 bits per heavy atom. The first kappa shape index (κ1) is 16.2. The second kappa shape index (κ2) is 6.10. The van der Waals surface area contributed by atoms with Crippen molar-refractivity contribution in [2.75, 3.05) is 18.0 Å². The molecular weight excluding hydrogens is 319 g/mol. The van der Waals surface area contributed by atoms with Gasteiger partial charge in [-0.15, -0.1) is 0 Å². The lowest BCUT2D eigenvalue weighted by atomic mass is 10.0. The molecule has 0 aliphatic carbocycles. The smallest absolute Gasteiger partial charge is 0.254 e. The summed E-state index contributed by atoms with van der Waals surface area (Å²) in [4.78, 5) is 10.2. The van der Waals surface area contributed by atoms with Crippen LogP contribution in [0.15, 0.2) is 18.5 Å². The highest BCUT2D eigenvalue weighted by Crippen LogP contribution is 2.36. The molecule has 0 fully saturated rings. The van der Waals surface area contributed by atoms with E-state index in [2.05, 4.69) is 15.1 Å². The van der Waals surface area contributed by atoms with Crippen LogP contribution in [0.3, 0.4) is 0 Å². The summed E-state index contributed by atoms with van der Waals surface area (Å²) in [6.45, 7) is 6.66. The monoisotopic (exact) mass is 335 g/mol. The van der Waals surface area contributed by atoms with Crippen LogP contribution in [0.4, 0.5) is 19.0 Å². The maximum Gasteiger partial charge on any atom is 0.254 e. The molecule has 2 aromatic heterocycles. The summed E-state index contributed by atoms with van der Waals surface area (Å²) < 4.78 is 43.5. The second-order valence-corrected chi connectivity index (χ2v) is 5.28. The zero-order chi connectivity index (χ0) is 17.4. The Morgan fingerprint density at radius 1 is 1.04 bits per heavy atom. The molecule has 8 heteroatoms. The number of anilines is 1. The van der Waals surface area contributed by atoms with Gasteiger partial charge in [-0.2, -0.15) is 14.6 Å². The fourth-order valence-corrected chi connectivity index (χ4v) is 2.82. The lowest BCUT2D eigenvalue weighted by Gasteiger charge is -2.25. The van der Waals surface area contributed by atoms with Crippen molar-refractivity contribution >= 4 is 11.6 Å². The molecule has 0 bridgehead atoms. The van der Waals surface area contributed by atoms with Crippen LogP contribution in [-0.4, -0.2) is 32.7 Å². The van der Waals surface area contributed by atoms with Crippen LogP contribution >= 0.6 is 0 Å². The highest BCUT2D eigenvalue weighted by atomic mass is 19.1. The molecule has 24 heavy (non-hydrogen) atoms. The SMILES string of the molecule is CCN(CC)c1c(-c2c(F)cc(F)cc2F)c(C)nc2ncnn12. The average Bonchev–Trinajstić information content (AvgIpc) is 2.97. The van der Waals surface area contributed by atoms with Gasteiger partial charge in [-0.05, 0) is 20.8 Å². The largest absolute Gasteiger partial charge is 0.356 e. The van der Waals surface area contributed by atoms with Gasteiger partial charge in [0.05, 0.1) is 16.8 Å². The number of hydrogen-bond acceptors (Lipinski definition) is 4. The fourth-order valence-electron chi connectivity index (χ4n) is 2.82. The number of hydrogen-bond donors (Lipinski definition) is 0. The maximum atomic E-state index is 14.4. The third-order valence-electron chi connectivity index (χ3n) is 3.90. The van der Waals surface area contributed by atoms with E-state index in [4.69, 9.17) is 0 Å². The predicted octanol–water partition coefficient (Wildman–Crippen LogP) is 3.36. The molecule has 5 nitrogen and oxygen atoms in total. The molecule has 0 spiro atoms. The highest BCUT2D eigenvalue weighted by molar-refractivity contribution is 5.80. The van der Waals surface area contributed by atoms with Crippen molar-refractivity contribution in [3.8, 4) is 11.1 Å². The molecular formula is C16H16F3N5. The van der Waals surface area contributed by atoms with E-state index in [9.17, 15) is 13.2 Å². The van der Waals surface area contributed by atoms with E-state index < -0.39 is 17.5 Å². The number of nitrogens with zero attached hydrogens (tertiary/aromatic N) is 5. The molecule has 0 atom stereocenters. The second-order valence-electron chi connectivity index (χ2n) is 5.28. The Hall–Kier alpha value is -2.64. The Labute approximate surface area is 136 Å². The molecule has 0 saturated carbocycles. The minimum atomic E-state index is -0.981. The van der Waals surface area contributed by atoms with Gasteiger partial charge in [0.15, 0.2) is 0 Å². The fraction of sp³-hybridized carbons (Fsp3) is 0.312. The maximum absolute atomic E-state index is 14.4. The summed E-state index contributed by atoms with van der Waals surface area (Å²) in [7, 11) is 0. The van der Waals surface area contributed by atoms with Crippen molar-refractivity contribution in [2.24, 2.45) is 0 Å². The van der Waals surface area contributed by atoms with E-state index in [1.54, 1.807) is 6.92 Å². The van der Waals surface area contributed by atoms with E-state index in [1.807, 2.05) is 18.7 Å². The van der Waals surface area contributed by atoms with Gasteiger partial charge in [-0.3, -0.25) is 0 Å². The first-order valence-corrected chi connectivity index (χ1v) is 7.58. The lowest BCUT2D eigenvalue weighted by Crippen LogP contribution is -2.26. The summed E-state index contributed by atoms with van der Waals surface area (Å²) >= 11 is 0. The Balaban J connectivity index is 2.44. The van der Waals surface area contributed by atoms with Gasteiger partial charge in [0.1, 0.15) is 29.6 Å². The Kier molecular flexibility index (Phi) is 4.13. The summed E-state index contributed by atoms with van der Waals surface area (Å²) in [5, 5.41) is 4.12. The molecule has 1 aromatic carbocycles. The standard InChI is InChI=1S/C16H16F3N5/c1-4-23(5-2)15-13(9(3)22-16-20-8-21-24(15)16)14-11(18)6-10(17)7-12(14)19/h6-8H,4-5H2,1-3H3. The lowest BCUT2D eigenvalue weighted by molar-refractivity contribution is 0.547. The summed E-state index contributed by atoms with van der Waals surface area (Å²) in [6, 6.07) is 1.32. The van der Waals surface area contributed by atoms with Gasteiger partial charge in [-0.1, -0.05) is 0 Å². The number of fused-ring (bicyclic) bond motifs is 1. The number of halogens is 3. The highest BCUT2D eigenvalue weighted by Gasteiger charge is 2.25. The molecule has 0 amide bonds. The van der Waals surface area contributed by atoms with Crippen LogP contribution in [0.5, 0.6) is 0 Å². The predicted molar refractivity (Wildman–Crippen MR) is 84.4 cm³/mol. The van der Waals surface area contributed by atoms with E-state index >= 15 is 0 Å². The average molecular weight is 335 g/mol. The van der Waals surface area contributed by atoms with Gasteiger partial charge in [0.25, 0.3) is 5.78 Å². The normalized spacial score (nSPS) is 11.2. The van der Waals surface area contributed by atoms with Crippen LogP contribution in [0, 0.1) is 24.4 Å². The van der Waals surface area contributed by atoms with Crippen molar-refractivity contribution in [1.29, 1.82) is 0 Å². The van der Waals surface area contributed by atoms with E-state index in [0.717, 1.165) is 0 Å². The van der Waals surface area contributed by atoms with Crippen LogP contribution in [-0.2, 0) is 0 Å². The number of aryl methyl sites for hydroxylation is 1. The van der Waals surface area contributed by atoms with Gasteiger partial charge in [0, 0.05) is 25.2 Å². The molecule has 2 heterocycles. The number of benzene rings is 1. The van der Waals surface area contributed by atoms with Gasteiger partial charge >= 0.3 is 0 Å². The van der Waals surface area contributed by atoms with E-state index in [1.165, 1.54) is 10.8 Å². The van der Waals surface area contributed by atoms with Crippen molar-refractivity contribution in [3.05, 3.63) is 41.6 Å². The van der Waals surface area contributed by atoms with Crippen LogP contribution in [0.2, 0.25) is 0 Å². The third kappa shape index (κ3) is 2.47. The van der Waals surface area contributed by atoms with Gasteiger partial charge < -0.3 is 4.90 Å². The first-order valence-electron chi connectivity index (χ1n) is 7.58. The van der Waals surface area contributed by atoms with Gasteiger partial charge in [0.2, 0.25) is 0 Å². The number of aromatic nitrogens is 4. The quantitative estimate of drug-likeness (QED) is 0.733. The van der Waals surface area contributed by atoms with E-state index in [0.29, 0.717) is 42.5 Å². The van der Waals surface area contributed by atoms with Crippen molar-refractivity contribution in [3.63, 3.8) is 0 Å².